The highest BCUT2D eigenvalue weighted by Gasteiger charge is 2.13. The number of nitrogens with one attached hydrogen (secondary N) is 1. The first-order valence-corrected chi connectivity index (χ1v) is 9.00. The van der Waals surface area contributed by atoms with E-state index in [2.05, 4.69) is 10.3 Å². The predicted octanol–water partition coefficient (Wildman–Crippen LogP) is 6.68. The van der Waals surface area contributed by atoms with Crippen molar-refractivity contribution in [1.82, 2.24) is 4.98 Å². The van der Waals surface area contributed by atoms with Gasteiger partial charge < -0.3 is 0 Å². The highest BCUT2D eigenvalue weighted by Crippen LogP contribution is 2.32. The van der Waals surface area contributed by atoms with Gasteiger partial charge in [-0.2, -0.15) is 0 Å². The van der Waals surface area contributed by atoms with Gasteiger partial charge in [-0.15, -0.1) is 11.3 Å². The average molecular weight is 418 g/mol. The third-order valence-electron chi connectivity index (χ3n) is 3.06. The molecule has 0 saturated carbocycles. The maximum atomic E-state index is 12.3. The Labute approximate surface area is 162 Å². The molecule has 2 aromatic carbocycles. The number of aromatic nitrogens is 1. The van der Waals surface area contributed by atoms with Gasteiger partial charge in [0.25, 0.3) is 5.91 Å². The van der Waals surface area contributed by atoms with Crippen molar-refractivity contribution in [2.45, 2.75) is 0 Å². The van der Waals surface area contributed by atoms with Crippen molar-refractivity contribution in [3.8, 4) is 11.3 Å². The first-order valence-electron chi connectivity index (χ1n) is 6.61. The number of carbonyl (C=O) groups excluding carboxylic acids is 1. The molecule has 3 nitrogen and oxygen atoms in total. The van der Waals surface area contributed by atoms with Gasteiger partial charge in [-0.05, 0) is 36.4 Å². The summed E-state index contributed by atoms with van der Waals surface area (Å²) in [5.74, 6) is -0.345. The number of benzene rings is 2. The Hall–Kier alpha value is -1.30. The minimum absolute atomic E-state index is 0.345. The Bertz CT molecular complexity index is 906. The second kappa shape index (κ2) is 7.30. The minimum Gasteiger partial charge on any atom is -0.298 e. The Balaban J connectivity index is 1.82. The van der Waals surface area contributed by atoms with Crippen LogP contribution in [0.4, 0.5) is 5.13 Å². The second-order valence-electron chi connectivity index (χ2n) is 4.77. The van der Waals surface area contributed by atoms with Crippen LogP contribution in [0, 0.1) is 0 Å². The standard InChI is InChI=1S/C16H8Cl4N2OS/c17-9-1-2-12(13(20)6-9)14-7-24-16(21-14)22-15(23)8-3-10(18)5-11(19)4-8/h1-7H,(H,21,22,23). The van der Waals surface area contributed by atoms with Crippen LogP contribution in [0.1, 0.15) is 10.4 Å². The summed E-state index contributed by atoms with van der Waals surface area (Å²) in [6.07, 6.45) is 0. The zero-order valence-corrected chi connectivity index (χ0v) is 15.7. The molecule has 0 radical (unpaired) electrons. The van der Waals surface area contributed by atoms with E-state index in [0.29, 0.717) is 36.5 Å². The van der Waals surface area contributed by atoms with Crippen molar-refractivity contribution >= 4 is 68.8 Å². The monoisotopic (exact) mass is 416 g/mol. The fourth-order valence-electron chi connectivity index (χ4n) is 2.01. The fourth-order valence-corrected chi connectivity index (χ4v) is 3.74. The SMILES string of the molecule is O=C(Nc1nc(-c2ccc(Cl)cc2Cl)cs1)c1cc(Cl)cc(Cl)c1. The molecule has 0 bridgehead atoms. The topological polar surface area (TPSA) is 42.0 Å². The lowest BCUT2D eigenvalue weighted by Gasteiger charge is -2.03. The van der Waals surface area contributed by atoms with Crippen LogP contribution in [0.3, 0.4) is 0 Å². The Morgan fingerprint density at radius 3 is 2.33 bits per heavy atom. The van der Waals surface area contributed by atoms with Crippen molar-refractivity contribution in [2.24, 2.45) is 0 Å². The van der Waals surface area contributed by atoms with Crippen LogP contribution in [0.15, 0.2) is 41.8 Å². The molecule has 0 unspecified atom stereocenters. The Morgan fingerprint density at radius 2 is 1.67 bits per heavy atom. The molecule has 0 spiro atoms. The number of anilines is 1. The molecule has 8 heteroatoms. The van der Waals surface area contributed by atoms with Crippen molar-refractivity contribution in [3.05, 3.63) is 67.4 Å². The minimum atomic E-state index is -0.345. The Kier molecular flexibility index (Phi) is 5.33. The Morgan fingerprint density at radius 1 is 0.958 bits per heavy atom. The normalized spacial score (nSPS) is 10.7. The molecule has 0 fully saturated rings. The molecule has 3 rings (SSSR count). The highest BCUT2D eigenvalue weighted by molar-refractivity contribution is 7.14. The van der Waals surface area contributed by atoms with Gasteiger partial charge in [-0.3, -0.25) is 10.1 Å². The first-order chi connectivity index (χ1) is 11.4. The van der Waals surface area contributed by atoms with Crippen molar-refractivity contribution in [1.29, 1.82) is 0 Å². The number of carbonyl (C=O) groups is 1. The number of rotatable bonds is 3. The van der Waals surface area contributed by atoms with E-state index in [1.54, 1.807) is 29.6 Å². The summed E-state index contributed by atoms with van der Waals surface area (Å²) < 4.78 is 0. The van der Waals surface area contributed by atoms with Gasteiger partial charge in [0.1, 0.15) is 0 Å². The molecule has 24 heavy (non-hydrogen) atoms. The van der Waals surface area contributed by atoms with Crippen molar-refractivity contribution < 1.29 is 4.79 Å². The summed E-state index contributed by atoms with van der Waals surface area (Å²) >= 11 is 25.2. The molecule has 1 aromatic heterocycles. The van der Waals surface area contributed by atoms with E-state index in [1.165, 1.54) is 23.5 Å². The van der Waals surface area contributed by atoms with E-state index in [1.807, 2.05) is 0 Å². The average Bonchev–Trinajstić information content (AvgIpc) is 2.94. The molecule has 3 aromatic rings. The maximum absolute atomic E-state index is 12.3. The molecule has 1 amide bonds. The molecule has 122 valence electrons. The zero-order valence-electron chi connectivity index (χ0n) is 11.8. The molecule has 1 heterocycles. The second-order valence-corrected chi connectivity index (χ2v) is 7.35. The van der Waals surface area contributed by atoms with Crippen LogP contribution in [-0.2, 0) is 0 Å². The van der Waals surface area contributed by atoms with Gasteiger partial charge in [0, 0.05) is 31.6 Å². The van der Waals surface area contributed by atoms with Crippen molar-refractivity contribution in [3.63, 3.8) is 0 Å². The predicted molar refractivity (Wildman–Crippen MR) is 102 cm³/mol. The van der Waals surface area contributed by atoms with Crippen LogP contribution in [-0.4, -0.2) is 10.9 Å². The summed E-state index contributed by atoms with van der Waals surface area (Å²) in [6, 6.07) is 9.78. The lowest BCUT2D eigenvalue weighted by atomic mass is 10.2. The number of hydrogen-bond acceptors (Lipinski definition) is 3. The summed E-state index contributed by atoms with van der Waals surface area (Å²) in [5, 5.41) is 6.78. The van der Waals surface area contributed by atoms with E-state index in [9.17, 15) is 4.79 Å². The van der Waals surface area contributed by atoms with E-state index in [-0.39, 0.29) is 5.91 Å². The van der Waals surface area contributed by atoms with Crippen LogP contribution in [0.2, 0.25) is 20.1 Å². The third kappa shape index (κ3) is 4.02. The first kappa shape index (κ1) is 17.5. The van der Waals surface area contributed by atoms with Gasteiger partial charge in [0.05, 0.1) is 10.7 Å². The summed E-state index contributed by atoms with van der Waals surface area (Å²) in [4.78, 5) is 16.6. The van der Waals surface area contributed by atoms with Gasteiger partial charge in [-0.1, -0.05) is 46.4 Å². The summed E-state index contributed by atoms with van der Waals surface area (Å²) in [6.45, 7) is 0. The third-order valence-corrected chi connectivity index (χ3v) is 4.80. The largest absolute Gasteiger partial charge is 0.298 e. The number of nitrogens with zero attached hydrogens (tertiary/aromatic N) is 1. The van der Waals surface area contributed by atoms with Crippen LogP contribution >= 0.6 is 57.7 Å². The van der Waals surface area contributed by atoms with Gasteiger partial charge >= 0.3 is 0 Å². The van der Waals surface area contributed by atoms with Crippen molar-refractivity contribution in [2.75, 3.05) is 5.32 Å². The van der Waals surface area contributed by atoms with E-state index in [0.717, 1.165) is 5.56 Å². The van der Waals surface area contributed by atoms with Crippen LogP contribution < -0.4 is 5.32 Å². The molecule has 0 aliphatic heterocycles. The molecular formula is C16H8Cl4N2OS. The number of amides is 1. The number of halogens is 4. The maximum Gasteiger partial charge on any atom is 0.257 e. The number of thiazole rings is 1. The summed E-state index contributed by atoms with van der Waals surface area (Å²) in [7, 11) is 0. The van der Waals surface area contributed by atoms with Gasteiger partial charge in [-0.25, -0.2) is 4.98 Å². The summed E-state index contributed by atoms with van der Waals surface area (Å²) in [5.41, 5.74) is 1.75. The fraction of sp³-hybridized carbons (Fsp3) is 0. The smallest absolute Gasteiger partial charge is 0.257 e. The number of hydrogen-bond donors (Lipinski definition) is 1. The molecule has 0 atom stereocenters. The quantitative estimate of drug-likeness (QED) is 0.516. The molecule has 1 N–H and O–H groups in total. The lowest BCUT2D eigenvalue weighted by molar-refractivity contribution is 0.102. The molecule has 0 aliphatic carbocycles. The zero-order chi connectivity index (χ0) is 17.3. The highest BCUT2D eigenvalue weighted by atomic mass is 35.5. The van der Waals surface area contributed by atoms with Crippen LogP contribution in [0.5, 0.6) is 0 Å². The van der Waals surface area contributed by atoms with E-state index < -0.39 is 0 Å². The molecule has 0 aliphatic rings. The van der Waals surface area contributed by atoms with Gasteiger partial charge in [0.2, 0.25) is 0 Å². The van der Waals surface area contributed by atoms with Crippen LogP contribution in [0.25, 0.3) is 11.3 Å². The molecule has 0 saturated heterocycles. The lowest BCUT2D eigenvalue weighted by Crippen LogP contribution is -2.11. The van der Waals surface area contributed by atoms with E-state index in [4.69, 9.17) is 46.4 Å². The van der Waals surface area contributed by atoms with Gasteiger partial charge in [0.15, 0.2) is 5.13 Å². The van der Waals surface area contributed by atoms with E-state index >= 15 is 0 Å². The molecular weight excluding hydrogens is 410 g/mol.